The monoisotopic (exact) mass is 331 g/mol. The molecule has 5 heteroatoms. The minimum absolute atomic E-state index is 0.231. The van der Waals surface area contributed by atoms with Gasteiger partial charge in [-0.25, -0.2) is 5.43 Å². The maximum atomic E-state index is 12.2. The summed E-state index contributed by atoms with van der Waals surface area (Å²) in [5.41, 5.74) is 4.77. The summed E-state index contributed by atoms with van der Waals surface area (Å²) >= 11 is 0. The number of nitrogens with zero attached hydrogens (tertiary/aromatic N) is 2. The summed E-state index contributed by atoms with van der Waals surface area (Å²) in [6.07, 6.45) is 3.11. The van der Waals surface area contributed by atoms with Gasteiger partial charge in [-0.2, -0.15) is 5.10 Å². The first kappa shape index (κ1) is 16.4. The summed E-state index contributed by atoms with van der Waals surface area (Å²) in [5.74, 6) is 0.827. The first-order valence-electron chi connectivity index (χ1n) is 7.80. The number of pyridine rings is 1. The highest BCUT2D eigenvalue weighted by Crippen LogP contribution is 2.20. The van der Waals surface area contributed by atoms with Crippen LogP contribution in [0.25, 0.3) is 0 Å². The lowest BCUT2D eigenvalue weighted by atomic mass is 10.2. The summed E-state index contributed by atoms with van der Waals surface area (Å²) in [7, 11) is 0. The second-order valence-electron chi connectivity index (χ2n) is 5.40. The first-order chi connectivity index (χ1) is 12.2. The molecule has 0 saturated carbocycles. The molecule has 0 aliphatic carbocycles. The molecule has 0 spiro atoms. The van der Waals surface area contributed by atoms with Gasteiger partial charge in [0.25, 0.3) is 5.91 Å². The van der Waals surface area contributed by atoms with E-state index in [1.807, 2.05) is 61.5 Å². The Labute approximate surface area is 146 Å². The minimum Gasteiger partial charge on any atom is -0.457 e. The van der Waals surface area contributed by atoms with Gasteiger partial charge in [-0.15, -0.1) is 0 Å². The van der Waals surface area contributed by atoms with Gasteiger partial charge in [-0.1, -0.05) is 48.0 Å². The van der Waals surface area contributed by atoms with Crippen molar-refractivity contribution in [3.8, 4) is 11.5 Å². The van der Waals surface area contributed by atoms with Gasteiger partial charge < -0.3 is 4.74 Å². The van der Waals surface area contributed by atoms with Crippen LogP contribution < -0.4 is 10.2 Å². The Kier molecular flexibility index (Phi) is 5.16. The Morgan fingerprint density at radius 3 is 2.56 bits per heavy atom. The van der Waals surface area contributed by atoms with Crippen molar-refractivity contribution in [1.82, 2.24) is 10.4 Å². The minimum atomic E-state index is -0.401. The van der Waals surface area contributed by atoms with Gasteiger partial charge in [-0.3, -0.25) is 9.78 Å². The second kappa shape index (κ2) is 7.88. The molecule has 0 fully saturated rings. The summed E-state index contributed by atoms with van der Waals surface area (Å²) in [5, 5.41) is 3.96. The number of rotatable bonds is 5. The lowest BCUT2D eigenvalue weighted by Crippen LogP contribution is -2.18. The maximum Gasteiger partial charge on any atom is 0.290 e. The van der Waals surface area contributed by atoms with Crippen LogP contribution >= 0.6 is 0 Å². The van der Waals surface area contributed by atoms with Gasteiger partial charge in [0.05, 0.1) is 6.21 Å². The van der Waals surface area contributed by atoms with Gasteiger partial charge in [0.1, 0.15) is 17.2 Å². The van der Waals surface area contributed by atoms with E-state index in [1.54, 1.807) is 18.3 Å². The van der Waals surface area contributed by atoms with E-state index in [2.05, 4.69) is 15.5 Å². The summed E-state index contributed by atoms with van der Waals surface area (Å²) < 4.78 is 5.70. The van der Waals surface area contributed by atoms with E-state index in [1.165, 1.54) is 11.8 Å². The van der Waals surface area contributed by atoms with Crippen molar-refractivity contribution in [1.29, 1.82) is 0 Å². The van der Waals surface area contributed by atoms with E-state index in [4.69, 9.17) is 4.74 Å². The van der Waals surface area contributed by atoms with Gasteiger partial charge in [0, 0.05) is 12.3 Å². The molecule has 3 aromatic rings. The number of hydrazone groups is 1. The molecule has 3 rings (SSSR count). The van der Waals surface area contributed by atoms with Crippen LogP contribution in [0, 0.1) is 6.92 Å². The van der Waals surface area contributed by atoms with Crippen LogP contribution in [0.15, 0.2) is 78.0 Å². The van der Waals surface area contributed by atoms with Crippen molar-refractivity contribution in [2.24, 2.45) is 5.10 Å². The second-order valence-corrected chi connectivity index (χ2v) is 5.40. The molecular weight excluding hydrogens is 314 g/mol. The van der Waals surface area contributed by atoms with Crippen molar-refractivity contribution >= 4 is 12.1 Å². The molecule has 2 aromatic carbocycles. The summed E-state index contributed by atoms with van der Waals surface area (Å²) in [4.78, 5) is 16.2. The fraction of sp³-hybridized carbons (Fsp3) is 0.0500. The highest BCUT2D eigenvalue weighted by Gasteiger charge is 2.08. The van der Waals surface area contributed by atoms with Gasteiger partial charge >= 0.3 is 0 Å². The van der Waals surface area contributed by atoms with E-state index in [0.717, 1.165) is 5.56 Å². The molecule has 0 unspecified atom stereocenters. The zero-order valence-electron chi connectivity index (χ0n) is 13.7. The highest BCUT2D eigenvalue weighted by molar-refractivity contribution is 5.93. The third kappa shape index (κ3) is 4.75. The average Bonchev–Trinajstić information content (AvgIpc) is 2.64. The lowest BCUT2D eigenvalue weighted by molar-refractivity contribution is 0.0950. The predicted molar refractivity (Wildman–Crippen MR) is 97.0 cm³/mol. The molecule has 0 bridgehead atoms. The Hall–Kier alpha value is -3.47. The zero-order chi connectivity index (χ0) is 17.5. The number of amides is 1. The van der Waals surface area contributed by atoms with Crippen LogP contribution in [0.4, 0.5) is 0 Å². The number of carbonyl (C=O) groups excluding carboxylic acids is 1. The number of ether oxygens (including phenoxy) is 1. The average molecular weight is 331 g/mol. The van der Waals surface area contributed by atoms with Crippen molar-refractivity contribution in [2.75, 3.05) is 0 Å². The molecule has 0 aliphatic heterocycles. The molecule has 0 aliphatic rings. The number of benzene rings is 2. The van der Waals surface area contributed by atoms with Crippen LogP contribution in [-0.4, -0.2) is 17.1 Å². The van der Waals surface area contributed by atoms with Crippen molar-refractivity contribution in [2.45, 2.75) is 6.92 Å². The third-order valence-electron chi connectivity index (χ3n) is 3.40. The number of aromatic nitrogens is 1. The Morgan fingerprint density at radius 2 is 1.80 bits per heavy atom. The van der Waals surface area contributed by atoms with Crippen molar-refractivity contribution in [3.05, 3.63) is 89.7 Å². The number of aryl methyl sites for hydroxylation is 1. The van der Waals surface area contributed by atoms with Crippen molar-refractivity contribution in [3.63, 3.8) is 0 Å². The molecule has 0 radical (unpaired) electrons. The van der Waals surface area contributed by atoms with Gasteiger partial charge in [0.15, 0.2) is 0 Å². The Bertz CT molecular complexity index is 875. The molecule has 124 valence electrons. The van der Waals surface area contributed by atoms with Crippen LogP contribution in [0.5, 0.6) is 11.5 Å². The van der Waals surface area contributed by atoms with E-state index in [-0.39, 0.29) is 5.69 Å². The SMILES string of the molecule is Cc1ccc(C=NNC(=O)c2cc(Oc3ccccc3)ccn2)cc1. The fourth-order valence-corrected chi connectivity index (χ4v) is 2.10. The van der Waals surface area contributed by atoms with Crippen molar-refractivity contribution < 1.29 is 9.53 Å². The molecular formula is C20H17N3O2. The molecule has 1 amide bonds. The quantitative estimate of drug-likeness (QED) is 0.569. The highest BCUT2D eigenvalue weighted by atomic mass is 16.5. The number of carbonyl (C=O) groups is 1. The Morgan fingerprint density at radius 1 is 1.04 bits per heavy atom. The largest absolute Gasteiger partial charge is 0.457 e. The van der Waals surface area contributed by atoms with Crippen LogP contribution in [0.3, 0.4) is 0 Å². The molecule has 0 saturated heterocycles. The summed E-state index contributed by atoms with van der Waals surface area (Å²) in [6, 6.07) is 20.4. The normalized spacial score (nSPS) is 10.6. The number of para-hydroxylation sites is 1. The first-order valence-corrected chi connectivity index (χ1v) is 7.80. The number of nitrogens with one attached hydrogen (secondary N) is 1. The van der Waals surface area contributed by atoms with Gasteiger partial charge in [-0.05, 0) is 30.7 Å². The molecule has 5 nitrogen and oxygen atoms in total. The fourth-order valence-electron chi connectivity index (χ4n) is 2.10. The molecule has 0 atom stereocenters. The lowest BCUT2D eigenvalue weighted by Gasteiger charge is -2.06. The zero-order valence-corrected chi connectivity index (χ0v) is 13.7. The molecule has 1 N–H and O–H groups in total. The standard InChI is InChI=1S/C20H17N3O2/c1-15-7-9-16(10-8-15)14-22-23-20(24)19-13-18(11-12-21-19)25-17-5-3-2-4-6-17/h2-14H,1H3,(H,23,24). The number of hydrogen-bond donors (Lipinski definition) is 1. The van der Waals surface area contributed by atoms with Gasteiger partial charge in [0.2, 0.25) is 0 Å². The topological polar surface area (TPSA) is 63.6 Å². The van der Waals surface area contributed by atoms with Crippen LogP contribution in [0.1, 0.15) is 21.6 Å². The number of hydrogen-bond acceptors (Lipinski definition) is 4. The van der Waals surface area contributed by atoms with E-state index in [0.29, 0.717) is 11.5 Å². The maximum absolute atomic E-state index is 12.2. The van der Waals surface area contributed by atoms with Crippen LogP contribution in [0.2, 0.25) is 0 Å². The van der Waals surface area contributed by atoms with E-state index < -0.39 is 5.91 Å². The predicted octanol–water partition coefficient (Wildman–Crippen LogP) is 3.95. The smallest absolute Gasteiger partial charge is 0.290 e. The van der Waals surface area contributed by atoms with Crippen LogP contribution in [-0.2, 0) is 0 Å². The van der Waals surface area contributed by atoms with E-state index >= 15 is 0 Å². The third-order valence-corrected chi connectivity index (χ3v) is 3.40. The molecule has 25 heavy (non-hydrogen) atoms. The Balaban J connectivity index is 1.64. The summed E-state index contributed by atoms with van der Waals surface area (Å²) in [6.45, 7) is 2.01. The molecule has 1 heterocycles. The molecule has 1 aromatic heterocycles. The van der Waals surface area contributed by atoms with E-state index in [9.17, 15) is 4.79 Å².